The second kappa shape index (κ2) is 9.60. The lowest BCUT2D eigenvalue weighted by Gasteiger charge is -2.18. The van der Waals surface area contributed by atoms with Crippen molar-refractivity contribution in [3.8, 4) is 0 Å². The second-order valence-electron chi connectivity index (χ2n) is 7.26. The van der Waals surface area contributed by atoms with Gasteiger partial charge in [0, 0.05) is 20.0 Å². The lowest BCUT2D eigenvalue weighted by Crippen LogP contribution is -2.40. The molecule has 0 unspecified atom stereocenters. The molecule has 1 atom stereocenters. The SMILES string of the molecule is Cc1nc2c(CN(C)c3ccc(C(=O)N[C@@H](CCC(=O)O)C(=O)O)s3)cccc2c(=O)[nH]1. The fourth-order valence-electron chi connectivity index (χ4n) is 3.20. The van der Waals surface area contributed by atoms with Gasteiger partial charge >= 0.3 is 11.9 Å². The minimum absolute atomic E-state index is 0.206. The third-order valence-corrected chi connectivity index (χ3v) is 5.99. The molecule has 2 heterocycles. The first-order chi connectivity index (χ1) is 15.2. The highest BCUT2D eigenvalue weighted by Crippen LogP contribution is 2.27. The van der Waals surface area contributed by atoms with Gasteiger partial charge in [0.15, 0.2) is 0 Å². The predicted molar refractivity (Wildman–Crippen MR) is 119 cm³/mol. The first kappa shape index (κ1) is 22.9. The monoisotopic (exact) mass is 458 g/mol. The number of thiophene rings is 1. The van der Waals surface area contributed by atoms with Crippen molar-refractivity contribution in [1.82, 2.24) is 15.3 Å². The second-order valence-corrected chi connectivity index (χ2v) is 8.32. The maximum absolute atomic E-state index is 12.5. The van der Waals surface area contributed by atoms with Crippen LogP contribution in [0.5, 0.6) is 0 Å². The molecular weight excluding hydrogens is 436 g/mol. The van der Waals surface area contributed by atoms with Crippen molar-refractivity contribution >= 4 is 45.1 Å². The molecule has 0 bridgehead atoms. The molecule has 10 nitrogen and oxygen atoms in total. The van der Waals surface area contributed by atoms with Gasteiger partial charge in [0.05, 0.1) is 20.8 Å². The minimum Gasteiger partial charge on any atom is -0.481 e. The lowest BCUT2D eigenvalue weighted by atomic mass is 10.1. The van der Waals surface area contributed by atoms with Gasteiger partial charge in [0.1, 0.15) is 11.9 Å². The van der Waals surface area contributed by atoms with E-state index >= 15 is 0 Å². The van der Waals surface area contributed by atoms with Gasteiger partial charge in [-0.1, -0.05) is 12.1 Å². The number of aliphatic carboxylic acids is 2. The number of aromatic amines is 1. The largest absolute Gasteiger partial charge is 0.481 e. The highest BCUT2D eigenvalue weighted by atomic mass is 32.1. The first-order valence-electron chi connectivity index (χ1n) is 9.70. The van der Waals surface area contributed by atoms with Crippen LogP contribution in [0, 0.1) is 6.92 Å². The molecule has 0 fully saturated rings. The van der Waals surface area contributed by atoms with Gasteiger partial charge in [0.25, 0.3) is 11.5 Å². The van der Waals surface area contributed by atoms with Crippen molar-refractivity contribution < 1.29 is 24.6 Å². The number of aryl methyl sites for hydroxylation is 1. The van der Waals surface area contributed by atoms with E-state index < -0.39 is 23.9 Å². The van der Waals surface area contributed by atoms with E-state index in [1.165, 1.54) is 11.3 Å². The number of carboxylic acid groups (broad SMARTS) is 2. The molecule has 3 aromatic rings. The zero-order valence-corrected chi connectivity index (χ0v) is 18.2. The molecule has 2 aromatic heterocycles. The maximum atomic E-state index is 12.5. The summed E-state index contributed by atoms with van der Waals surface area (Å²) in [5.74, 6) is -2.49. The van der Waals surface area contributed by atoms with E-state index in [1.807, 2.05) is 18.0 Å². The Bertz CT molecular complexity index is 1230. The topological polar surface area (TPSA) is 153 Å². The summed E-state index contributed by atoms with van der Waals surface area (Å²) in [4.78, 5) is 56.0. The van der Waals surface area contributed by atoms with Gasteiger partial charge < -0.3 is 25.4 Å². The van der Waals surface area contributed by atoms with Gasteiger partial charge in [-0.3, -0.25) is 14.4 Å². The van der Waals surface area contributed by atoms with Gasteiger partial charge in [-0.05, 0) is 37.1 Å². The molecule has 0 saturated heterocycles. The molecule has 3 rings (SSSR count). The van der Waals surface area contributed by atoms with Crippen LogP contribution in [0.2, 0.25) is 0 Å². The van der Waals surface area contributed by atoms with Crippen molar-refractivity contribution in [2.75, 3.05) is 11.9 Å². The summed E-state index contributed by atoms with van der Waals surface area (Å²) in [6.45, 7) is 2.15. The van der Waals surface area contributed by atoms with Crippen LogP contribution in [-0.4, -0.2) is 51.1 Å². The normalized spacial score (nSPS) is 11.8. The van der Waals surface area contributed by atoms with Crippen molar-refractivity contribution in [2.45, 2.75) is 32.4 Å². The maximum Gasteiger partial charge on any atom is 0.326 e. The summed E-state index contributed by atoms with van der Waals surface area (Å²) < 4.78 is 0. The molecule has 0 aliphatic carbocycles. The molecule has 1 amide bonds. The number of carboxylic acids is 2. The van der Waals surface area contributed by atoms with E-state index in [-0.39, 0.29) is 18.4 Å². The number of nitrogens with zero attached hydrogens (tertiary/aromatic N) is 2. The molecule has 0 aliphatic rings. The molecule has 32 heavy (non-hydrogen) atoms. The van der Waals surface area contributed by atoms with E-state index in [1.54, 1.807) is 31.2 Å². The summed E-state index contributed by atoms with van der Waals surface area (Å²) in [6.07, 6.45) is -0.571. The molecule has 11 heteroatoms. The van der Waals surface area contributed by atoms with Crippen LogP contribution in [-0.2, 0) is 16.1 Å². The number of anilines is 1. The van der Waals surface area contributed by atoms with E-state index in [4.69, 9.17) is 5.11 Å². The highest BCUT2D eigenvalue weighted by Gasteiger charge is 2.23. The van der Waals surface area contributed by atoms with Gasteiger partial charge in [-0.25, -0.2) is 9.78 Å². The van der Waals surface area contributed by atoms with Crippen LogP contribution < -0.4 is 15.8 Å². The number of H-pyrrole nitrogens is 1. The van der Waals surface area contributed by atoms with E-state index in [0.29, 0.717) is 28.1 Å². The van der Waals surface area contributed by atoms with Crippen LogP contribution in [0.3, 0.4) is 0 Å². The standard InChI is InChI=1S/C21H22N4O6S/c1-11-22-18-12(4-3-5-13(18)19(28)23-11)10-25(2)16-8-7-15(32-16)20(29)24-14(21(30)31)6-9-17(26)27/h3-5,7-8,14H,6,9-10H2,1-2H3,(H,24,29)(H,26,27)(H,30,31)(H,22,23,28)/t14-/m0/s1. The summed E-state index contributed by atoms with van der Waals surface area (Å²) in [5, 5.41) is 21.6. The zero-order valence-electron chi connectivity index (χ0n) is 17.4. The average molecular weight is 458 g/mol. The number of nitrogens with one attached hydrogen (secondary N) is 2. The zero-order chi connectivity index (χ0) is 23.4. The molecule has 0 spiro atoms. The quantitative estimate of drug-likeness (QED) is 0.380. The summed E-state index contributed by atoms with van der Waals surface area (Å²) >= 11 is 1.17. The third kappa shape index (κ3) is 5.30. The van der Waals surface area contributed by atoms with Crippen molar-refractivity contribution in [2.24, 2.45) is 0 Å². The lowest BCUT2D eigenvalue weighted by molar-refractivity contribution is -0.140. The minimum atomic E-state index is -1.29. The van der Waals surface area contributed by atoms with Crippen LogP contribution in [0.1, 0.15) is 33.9 Å². The highest BCUT2D eigenvalue weighted by molar-refractivity contribution is 7.18. The van der Waals surface area contributed by atoms with Crippen molar-refractivity contribution in [3.05, 3.63) is 57.0 Å². The Hall–Kier alpha value is -3.73. The number of amides is 1. The molecule has 168 valence electrons. The van der Waals surface area contributed by atoms with Crippen LogP contribution in [0.25, 0.3) is 10.9 Å². The number of carbonyl (C=O) groups is 3. The van der Waals surface area contributed by atoms with Gasteiger partial charge in [-0.2, -0.15) is 0 Å². The Balaban J connectivity index is 1.75. The van der Waals surface area contributed by atoms with Crippen molar-refractivity contribution in [1.29, 1.82) is 0 Å². The Morgan fingerprint density at radius 1 is 1.22 bits per heavy atom. The van der Waals surface area contributed by atoms with Gasteiger partial charge in [-0.15, -0.1) is 11.3 Å². The molecule has 0 aliphatic heterocycles. The number of fused-ring (bicyclic) bond motifs is 1. The van der Waals surface area contributed by atoms with E-state index in [2.05, 4.69) is 15.3 Å². The van der Waals surface area contributed by atoms with Crippen LogP contribution in [0.15, 0.2) is 35.1 Å². The number of hydrogen-bond acceptors (Lipinski definition) is 7. The first-order valence-corrected chi connectivity index (χ1v) is 10.5. The smallest absolute Gasteiger partial charge is 0.326 e. The number of para-hydroxylation sites is 1. The molecule has 0 radical (unpaired) electrons. The number of carbonyl (C=O) groups excluding carboxylic acids is 1. The molecule has 4 N–H and O–H groups in total. The van der Waals surface area contributed by atoms with Crippen molar-refractivity contribution in [3.63, 3.8) is 0 Å². The summed E-state index contributed by atoms with van der Waals surface area (Å²) in [6, 6.07) is 7.41. The Morgan fingerprint density at radius 2 is 1.97 bits per heavy atom. The summed E-state index contributed by atoms with van der Waals surface area (Å²) in [7, 11) is 1.83. The van der Waals surface area contributed by atoms with Crippen LogP contribution in [0.4, 0.5) is 5.00 Å². The Kier molecular flexibility index (Phi) is 6.89. The Morgan fingerprint density at radius 3 is 2.66 bits per heavy atom. The average Bonchev–Trinajstić information content (AvgIpc) is 3.21. The van der Waals surface area contributed by atoms with E-state index in [9.17, 15) is 24.3 Å². The number of benzene rings is 1. The third-order valence-electron chi connectivity index (χ3n) is 4.79. The number of hydrogen-bond donors (Lipinski definition) is 4. The van der Waals surface area contributed by atoms with Gasteiger partial charge in [0.2, 0.25) is 0 Å². The molecular formula is C21H22N4O6S. The number of aromatic nitrogens is 2. The molecule has 0 saturated carbocycles. The fourth-order valence-corrected chi connectivity index (χ4v) is 4.07. The summed E-state index contributed by atoms with van der Waals surface area (Å²) in [5.41, 5.74) is 1.25. The van der Waals surface area contributed by atoms with Crippen LogP contribution >= 0.6 is 11.3 Å². The fraction of sp³-hybridized carbons (Fsp3) is 0.286. The Labute approximate surface area is 186 Å². The number of rotatable bonds is 9. The van der Waals surface area contributed by atoms with E-state index in [0.717, 1.165) is 10.6 Å². The predicted octanol–water partition coefficient (Wildman–Crippen LogP) is 1.98. The molecule has 1 aromatic carbocycles.